The molecule has 1 heterocycles. The average molecular weight is 377 g/mol. The van der Waals surface area contributed by atoms with Gasteiger partial charge >= 0.3 is 5.97 Å². The number of carbonyl (C=O) groups is 2. The molecular weight excluding hydrogens is 356 g/mol. The normalized spacial score (nSPS) is 13.4. The van der Waals surface area contributed by atoms with Gasteiger partial charge in [0, 0.05) is 23.1 Å². The third-order valence-corrected chi connectivity index (χ3v) is 4.68. The first kappa shape index (κ1) is 18.3. The van der Waals surface area contributed by atoms with Crippen molar-refractivity contribution in [3.05, 3.63) is 46.2 Å². The zero-order valence-electron chi connectivity index (χ0n) is 15.0. The zero-order valence-corrected chi connectivity index (χ0v) is 15.7. The van der Waals surface area contributed by atoms with Gasteiger partial charge in [-0.1, -0.05) is 11.6 Å². The van der Waals surface area contributed by atoms with Crippen LogP contribution in [0.2, 0.25) is 5.02 Å². The summed E-state index contributed by atoms with van der Waals surface area (Å²) in [5.41, 5.74) is 2.94. The van der Waals surface area contributed by atoms with Crippen LogP contribution in [0.15, 0.2) is 24.3 Å². The van der Waals surface area contributed by atoms with Gasteiger partial charge in [-0.15, -0.1) is 0 Å². The summed E-state index contributed by atoms with van der Waals surface area (Å²) in [4.78, 5) is 24.3. The predicted molar refractivity (Wildman–Crippen MR) is 99.1 cm³/mol. The molecule has 0 saturated heterocycles. The number of halogens is 1. The van der Waals surface area contributed by atoms with Gasteiger partial charge in [0.1, 0.15) is 5.75 Å². The zero-order chi connectivity index (χ0) is 18.8. The number of nitrogens with one attached hydrogen (secondary N) is 1. The highest BCUT2D eigenvalue weighted by Gasteiger charge is 2.28. The van der Waals surface area contributed by atoms with Crippen LogP contribution >= 0.6 is 11.6 Å². The van der Waals surface area contributed by atoms with Crippen molar-refractivity contribution in [3.63, 3.8) is 0 Å². The van der Waals surface area contributed by atoms with E-state index in [-0.39, 0.29) is 6.61 Å². The highest BCUT2D eigenvalue weighted by atomic mass is 35.5. The second kappa shape index (κ2) is 7.41. The Bertz CT molecular complexity index is 855. The first-order valence-corrected chi connectivity index (χ1v) is 8.77. The molecule has 1 amide bonds. The Kier molecular flexibility index (Phi) is 5.23. The van der Waals surface area contributed by atoms with Crippen molar-refractivity contribution in [1.29, 1.82) is 0 Å². The van der Waals surface area contributed by atoms with Gasteiger partial charge in [0.25, 0.3) is 5.91 Å². The predicted octanol–water partition coefficient (Wildman–Crippen LogP) is 3.90. The molecule has 1 aliphatic rings. The van der Waals surface area contributed by atoms with E-state index in [1.165, 1.54) is 7.11 Å². The number of benzene rings is 1. The van der Waals surface area contributed by atoms with Crippen LogP contribution in [-0.2, 0) is 9.53 Å². The Labute approximate surface area is 157 Å². The van der Waals surface area contributed by atoms with Crippen molar-refractivity contribution in [2.24, 2.45) is 0 Å². The van der Waals surface area contributed by atoms with Crippen LogP contribution in [0.5, 0.6) is 5.75 Å². The highest BCUT2D eigenvalue weighted by molar-refractivity contribution is 6.32. The van der Waals surface area contributed by atoms with Gasteiger partial charge in [-0.05, 0) is 51.0 Å². The maximum absolute atomic E-state index is 12.3. The SMILES string of the molecule is COc1ccc(NC(=O)COC(=O)c2cc(C)n(C3CC3)c2C)cc1Cl. The van der Waals surface area contributed by atoms with E-state index in [4.69, 9.17) is 21.1 Å². The molecule has 0 radical (unpaired) electrons. The van der Waals surface area contributed by atoms with E-state index in [2.05, 4.69) is 9.88 Å². The number of nitrogens with zero attached hydrogens (tertiary/aromatic N) is 1. The first-order valence-electron chi connectivity index (χ1n) is 8.39. The molecular formula is C19H21ClN2O4. The van der Waals surface area contributed by atoms with Gasteiger partial charge < -0.3 is 19.4 Å². The van der Waals surface area contributed by atoms with Crippen LogP contribution in [0.4, 0.5) is 5.69 Å². The third-order valence-electron chi connectivity index (χ3n) is 4.39. The molecule has 26 heavy (non-hydrogen) atoms. The smallest absolute Gasteiger partial charge is 0.340 e. The summed E-state index contributed by atoms with van der Waals surface area (Å²) in [5.74, 6) is -0.411. The fourth-order valence-electron chi connectivity index (χ4n) is 3.03. The molecule has 0 atom stereocenters. The topological polar surface area (TPSA) is 69.6 Å². The van der Waals surface area contributed by atoms with Gasteiger partial charge in [-0.25, -0.2) is 4.79 Å². The van der Waals surface area contributed by atoms with Crippen molar-refractivity contribution in [2.45, 2.75) is 32.7 Å². The summed E-state index contributed by atoms with van der Waals surface area (Å²) in [6, 6.07) is 7.19. The largest absolute Gasteiger partial charge is 0.495 e. The van der Waals surface area contributed by atoms with E-state index >= 15 is 0 Å². The molecule has 1 aliphatic carbocycles. The number of esters is 1. The van der Waals surface area contributed by atoms with Gasteiger partial charge in [-0.2, -0.15) is 0 Å². The minimum atomic E-state index is -0.493. The van der Waals surface area contributed by atoms with Crippen molar-refractivity contribution < 1.29 is 19.1 Å². The van der Waals surface area contributed by atoms with Crippen LogP contribution in [0.1, 0.15) is 40.6 Å². The second-order valence-electron chi connectivity index (χ2n) is 6.36. The first-order chi connectivity index (χ1) is 12.4. The number of hydrogen-bond donors (Lipinski definition) is 1. The van der Waals surface area contributed by atoms with Crippen LogP contribution in [0.25, 0.3) is 0 Å². The Hall–Kier alpha value is -2.47. The molecule has 0 spiro atoms. The number of carbonyl (C=O) groups excluding carboxylic acids is 2. The van der Waals surface area contributed by atoms with Crippen LogP contribution in [-0.4, -0.2) is 30.2 Å². The number of ether oxygens (including phenoxy) is 2. The molecule has 2 aromatic rings. The molecule has 1 aromatic carbocycles. The van der Waals surface area contributed by atoms with Crippen molar-refractivity contribution >= 4 is 29.2 Å². The van der Waals surface area contributed by atoms with Gasteiger partial charge in [0.2, 0.25) is 0 Å². The number of hydrogen-bond acceptors (Lipinski definition) is 4. The number of anilines is 1. The Morgan fingerprint density at radius 3 is 2.62 bits per heavy atom. The number of aryl methyl sites for hydroxylation is 1. The number of methoxy groups -OCH3 is 1. The molecule has 0 unspecified atom stereocenters. The Morgan fingerprint density at radius 2 is 2.00 bits per heavy atom. The average Bonchev–Trinajstić information content (AvgIpc) is 3.38. The summed E-state index contributed by atoms with van der Waals surface area (Å²) >= 11 is 6.02. The quantitative estimate of drug-likeness (QED) is 0.776. The van der Waals surface area contributed by atoms with Gasteiger partial charge in [-0.3, -0.25) is 4.79 Å². The standard InChI is InChI=1S/C19H21ClN2O4/c1-11-8-15(12(2)22(11)14-5-6-14)19(24)26-10-18(23)21-13-4-7-17(25-3)16(20)9-13/h4,7-9,14H,5-6,10H2,1-3H3,(H,21,23). The summed E-state index contributed by atoms with van der Waals surface area (Å²) in [6.07, 6.45) is 2.27. The molecule has 1 N–H and O–H groups in total. The lowest BCUT2D eigenvalue weighted by Crippen LogP contribution is -2.21. The third kappa shape index (κ3) is 3.85. The minimum absolute atomic E-state index is 0.365. The van der Waals surface area contributed by atoms with Crippen LogP contribution in [0, 0.1) is 13.8 Å². The summed E-state index contributed by atoms with van der Waals surface area (Å²) in [5, 5.41) is 3.02. The Balaban J connectivity index is 1.58. The molecule has 1 saturated carbocycles. The Morgan fingerprint density at radius 1 is 1.27 bits per heavy atom. The molecule has 3 rings (SSSR count). The van der Waals surface area contributed by atoms with Crippen LogP contribution in [0.3, 0.4) is 0 Å². The van der Waals surface area contributed by atoms with Crippen LogP contribution < -0.4 is 10.1 Å². The molecule has 1 fully saturated rings. The molecule has 1 aromatic heterocycles. The van der Waals surface area contributed by atoms with E-state index < -0.39 is 11.9 Å². The molecule has 7 heteroatoms. The monoisotopic (exact) mass is 376 g/mol. The van der Waals surface area contributed by atoms with Crippen molar-refractivity contribution in [2.75, 3.05) is 19.0 Å². The fourth-order valence-corrected chi connectivity index (χ4v) is 3.29. The molecule has 0 aliphatic heterocycles. The highest BCUT2D eigenvalue weighted by Crippen LogP contribution is 2.38. The lowest BCUT2D eigenvalue weighted by atomic mass is 10.2. The van der Waals surface area contributed by atoms with E-state index in [9.17, 15) is 9.59 Å². The van der Waals surface area contributed by atoms with Gasteiger partial charge in [0.05, 0.1) is 17.7 Å². The molecule has 138 valence electrons. The summed E-state index contributed by atoms with van der Waals surface area (Å²) < 4.78 is 12.4. The number of aromatic nitrogens is 1. The lowest BCUT2D eigenvalue weighted by molar-refractivity contribution is -0.119. The second-order valence-corrected chi connectivity index (χ2v) is 6.77. The number of rotatable bonds is 6. The fraction of sp³-hybridized carbons (Fsp3) is 0.368. The van der Waals surface area contributed by atoms with E-state index in [0.717, 1.165) is 24.2 Å². The summed E-state index contributed by atoms with van der Waals surface area (Å²) in [7, 11) is 1.51. The van der Waals surface area contributed by atoms with E-state index in [1.807, 2.05) is 19.9 Å². The summed E-state index contributed by atoms with van der Waals surface area (Å²) in [6.45, 7) is 3.51. The van der Waals surface area contributed by atoms with E-state index in [0.29, 0.717) is 28.1 Å². The number of amides is 1. The minimum Gasteiger partial charge on any atom is -0.495 e. The van der Waals surface area contributed by atoms with E-state index in [1.54, 1.807) is 18.2 Å². The van der Waals surface area contributed by atoms with Gasteiger partial charge in [0.15, 0.2) is 6.61 Å². The maximum Gasteiger partial charge on any atom is 0.340 e. The van der Waals surface area contributed by atoms with Crippen molar-refractivity contribution in [3.8, 4) is 5.75 Å². The molecule has 0 bridgehead atoms. The van der Waals surface area contributed by atoms with Crippen molar-refractivity contribution in [1.82, 2.24) is 4.57 Å². The molecule has 6 nitrogen and oxygen atoms in total. The lowest BCUT2D eigenvalue weighted by Gasteiger charge is -2.09. The maximum atomic E-state index is 12.3.